The van der Waals surface area contributed by atoms with Crippen molar-refractivity contribution in [3.63, 3.8) is 0 Å². The average Bonchev–Trinajstić information content (AvgIpc) is 3.31. The van der Waals surface area contributed by atoms with Crippen molar-refractivity contribution in [2.75, 3.05) is 45.8 Å². The van der Waals surface area contributed by atoms with E-state index in [0.717, 1.165) is 43.8 Å². The Balaban J connectivity index is 1.26. The second-order valence-electron chi connectivity index (χ2n) is 9.69. The van der Waals surface area contributed by atoms with Gasteiger partial charge in [0.25, 0.3) is 0 Å². The van der Waals surface area contributed by atoms with E-state index >= 15 is 0 Å². The van der Waals surface area contributed by atoms with Gasteiger partial charge in [0.05, 0.1) is 12.3 Å². The molecule has 0 saturated carbocycles. The fraction of sp³-hybridized carbons (Fsp3) is 0.600. The monoisotopic (exact) mass is 471 g/mol. The summed E-state index contributed by atoms with van der Waals surface area (Å²) in [4.78, 5) is 40.7. The molecular weight excluding hydrogens is 434 g/mol. The van der Waals surface area contributed by atoms with Crippen LogP contribution in [-0.2, 0) is 14.3 Å². The molecule has 2 aliphatic heterocycles. The van der Waals surface area contributed by atoms with Crippen LogP contribution >= 0.6 is 0 Å². The zero-order chi connectivity index (χ0) is 24.6. The number of nitrogens with one attached hydrogen (secondary N) is 1. The van der Waals surface area contributed by atoms with Crippen molar-refractivity contribution in [2.24, 2.45) is 5.10 Å². The van der Waals surface area contributed by atoms with E-state index in [1.54, 1.807) is 4.90 Å². The Labute approximate surface area is 202 Å². The van der Waals surface area contributed by atoms with Gasteiger partial charge in [-0.3, -0.25) is 14.5 Å². The van der Waals surface area contributed by atoms with E-state index in [4.69, 9.17) is 4.74 Å². The molecule has 2 heterocycles. The number of amides is 3. The van der Waals surface area contributed by atoms with Crippen molar-refractivity contribution in [1.29, 1.82) is 0 Å². The molecule has 0 radical (unpaired) electrons. The minimum absolute atomic E-state index is 0.116. The number of hydrogen-bond acceptors (Lipinski definition) is 6. The van der Waals surface area contributed by atoms with Crippen LogP contribution in [0.4, 0.5) is 4.79 Å². The topological polar surface area (TPSA) is 94.5 Å². The Bertz CT molecular complexity index is 873. The molecule has 1 aromatic carbocycles. The molecule has 0 atom stereocenters. The van der Waals surface area contributed by atoms with Gasteiger partial charge in [-0.1, -0.05) is 30.3 Å². The number of piperazine rings is 1. The first-order valence-corrected chi connectivity index (χ1v) is 12.1. The summed E-state index contributed by atoms with van der Waals surface area (Å²) < 4.78 is 5.42. The van der Waals surface area contributed by atoms with Gasteiger partial charge in [-0.15, -0.1) is 0 Å². The van der Waals surface area contributed by atoms with Gasteiger partial charge < -0.3 is 15.0 Å². The predicted molar refractivity (Wildman–Crippen MR) is 130 cm³/mol. The normalized spacial score (nSPS) is 16.9. The molecule has 3 rings (SSSR count). The summed E-state index contributed by atoms with van der Waals surface area (Å²) in [7, 11) is 0. The molecule has 34 heavy (non-hydrogen) atoms. The first-order valence-electron chi connectivity index (χ1n) is 12.1. The average molecular weight is 472 g/mol. The summed E-state index contributed by atoms with van der Waals surface area (Å²) in [6.07, 6.45) is 1.62. The molecule has 0 aromatic heterocycles. The van der Waals surface area contributed by atoms with Crippen molar-refractivity contribution in [3.8, 4) is 0 Å². The summed E-state index contributed by atoms with van der Waals surface area (Å²) in [6, 6.07) is 9.84. The van der Waals surface area contributed by atoms with Gasteiger partial charge in [0.15, 0.2) is 0 Å². The highest BCUT2D eigenvalue weighted by Crippen LogP contribution is 2.15. The van der Waals surface area contributed by atoms with Crippen LogP contribution in [0.1, 0.15) is 52.0 Å². The quantitative estimate of drug-likeness (QED) is 0.588. The lowest BCUT2D eigenvalue weighted by molar-refractivity contribution is -0.133. The lowest BCUT2D eigenvalue weighted by Gasteiger charge is -2.35. The van der Waals surface area contributed by atoms with Crippen LogP contribution in [0.5, 0.6) is 0 Å². The van der Waals surface area contributed by atoms with Crippen molar-refractivity contribution < 1.29 is 19.1 Å². The number of carbonyl (C=O) groups is 3. The standard InChI is InChI=1S/C25H37N5O4/c1-25(2,3)34-24(33)29-18-16-28(17-19-29)14-7-13-26-22(31)10-11-23(32)30-15-12-21(27-30)20-8-5-4-6-9-20/h4-6,8-9H,7,10-19H2,1-3H3,(H,26,31). The van der Waals surface area contributed by atoms with E-state index in [1.807, 2.05) is 51.1 Å². The van der Waals surface area contributed by atoms with Crippen molar-refractivity contribution in [3.05, 3.63) is 35.9 Å². The summed E-state index contributed by atoms with van der Waals surface area (Å²) >= 11 is 0. The molecule has 9 nitrogen and oxygen atoms in total. The lowest BCUT2D eigenvalue weighted by Crippen LogP contribution is -2.50. The highest BCUT2D eigenvalue weighted by atomic mass is 16.6. The molecule has 0 unspecified atom stereocenters. The van der Waals surface area contributed by atoms with Gasteiger partial charge in [0.1, 0.15) is 5.60 Å². The third-order valence-corrected chi connectivity index (χ3v) is 5.76. The number of hydrazone groups is 1. The summed E-state index contributed by atoms with van der Waals surface area (Å²) in [5, 5.41) is 8.81. The predicted octanol–water partition coefficient (Wildman–Crippen LogP) is 2.46. The van der Waals surface area contributed by atoms with E-state index in [0.29, 0.717) is 26.2 Å². The zero-order valence-corrected chi connectivity index (χ0v) is 20.6. The van der Waals surface area contributed by atoms with Crippen LogP contribution in [-0.4, -0.2) is 89.8 Å². The molecule has 186 valence electrons. The molecule has 0 bridgehead atoms. The van der Waals surface area contributed by atoms with Crippen LogP contribution < -0.4 is 5.32 Å². The second kappa shape index (κ2) is 12.0. The fourth-order valence-corrected chi connectivity index (χ4v) is 3.92. The number of ether oxygens (including phenoxy) is 1. The highest BCUT2D eigenvalue weighted by molar-refractivity contribution is 6.02. The molecule has 9 heteroatoms. The number of nitrogens with zero attached hydrogens (tertiary/aromatic N) is 4. The molecule has 1 N–H and O–H groups in total. The molecule has 1 aromatic rings. The molecule has 3 amide bonds. The second-order valence-corrected chi connectivity index (χ2v) is 9.69. The van der Waals surface area contributed by atoms with Gasteiger partial charge in [-0.2, -0.15) is 5.10 Å². The van der Waals surface area contributed by atoms with E-state index in [2.05, 4.69) is 15.3 Å². The first kappa shape index (κ1) is 25.7. The molecule has 1 saturated heterocycles. The molecule has 1 fully saturated rings. The first-order chi connectivity index (χ1) is 16.2. The van der Waals surface area contributed by atoms with Crippen LogP contribution in [0.2, 0.25) is 0 Å². The largest absolute Gasteiger partial charge is 0.444 e. The number of benzene rings is 1. The Hall–Kier alpha value is -2.94. The fourth-order valence-electron chi connectivity index (χ4n) is 3.92. The van der Waals surface area contributed by atoms with Crippen LogP contribution in [0.15, 0.2) is 35.4 Å². The van der Waals surface area contributed by atoms with Crippen molar-refractivity contribution in [2.45, 2.75) is 52.1 Å². The minimum Gasteiger partial charge on any atom is -0.444 e. The van der Waals surface area contributed by atoms with Gasteiger partial charge in [-0.05, 0) is 39.3 Å². The van der Waals surface area contributed by atoms with E-state index in [9.17, 15) is 14.4 Å². The molecule has 2 aliphatic rings. The van der Waals surface area contributed by atoms with Gasteiger partial charge in [-0.25, -0.2) is 9.80 Å². The summed E-state index contributed by atoms with van der Waals surface area (Å²) in [6.45, 7) is 10.5. The van der Waals surface area contributed by atoms with Crippen molar-refractivity contribution in [1.82, 2.24) is 20.1 Å². The maximum Gasteiger partial charge on any atom is 0.410 e. The third kappa shape index (κ3) is 8.13. The molecule has 0 aliphatic carbocycles. The maximum absolute atomic E-state index is 12.4. The number of carbonyl (C=O) groups excluding carboxylic acids is 3. The molecular formula is C25H37N5O4. The van der Waals surface area contributed by atoms with E-state index < -0.39 is 5.60 Å². The Kier molecular flexibility index (Phi) is 9.04. The highest BCUT2D eigenvalue weighted by Gasteiger charge is 2.26. The van der Waals surface area contributed by atoms with E-state index in [1.165, 1.54) is 5.01 Å². The zero-order valence-electron chi connectivity index (χ0n) is 20.6. The molecule has 0 spiro atoms. The smallest absolute Gasteiger partial charge is 0.410 e. The van der Waals surface area contributed by atoms with Gasteiger partial charge in [0.2, 0.25) is 11.8 Å². The van der Waals surface area contributed by atoms with Gasteiger partial charge >= 0.3 is 6.09 Å². The van der Waals surface area contributed by atoms with Crippen LogP contribution in [0, 0.1) is 0 Å². The number of rotatable bonds is 8. The number of hydrogen-bond donors (Lipinski definition) is 1. The van der Waals surface area contributed by atoms with Gasteiger partial charge in [0, 0.05) is 52.0 Å². The van der Waals surface area contributed by atoms with Crippen LogP contribution in [0.25, 0.3) is 0 Å². The summed E-state index contributed by atoms with van der Waals surface area (Å²) in [5.41, 5.74) is 1.45. The minimum atomic E-state index is -0.482. The Morgan fingerprint density at radius 1 is 1.00 bits per heavy atom. The van der Waals surface area contributed by atoms with Crippen molar-refractivity contribution >= 4 is 23.6 Å². The maximum atomic E-state index is 12.4. The van der Waals surface area contributed by atoms with Crippen LogP contribution in [0.3, 0.4) is 0 Å². The Morgan fingerprint density at radius 2 is 1.71 bits per heavy atom. The third-order valence-electron chi connectivity index (χ3n) is 5.76. The van der Waals surface area contributed by atoms with E-state index in [-0.39, 0.29) is 30.7 Å². The Morgan fingerprint density at radius 3 is 2.38 bits per heavy atom. The SMILES string of the molecule is CC(C)(C)OC(=O)N1CCN(CCCNC(=O)CCC(=O)N2CCC(c3ccccc3)=N2)CC1. The summed E-state index contributed by atoms with van der Waals surface area (Å²) in [5.74, 6) is -0.238. The lowest BCUT2D eigenvalue weighted by atomic mass is 10.1.